The van der Waals surface area contributed by atoms with Gasteiger partial charge in [-0.25, -0.2) is 4.98 Å². The number of nitrogens with zero attached hydrogens (tertiary/aromatic N) is 2. The summed E-state index contributed by atoms with van der Waals surface area (Å²) in [4.78, 5) is 19.3. The van der Waals surface area contributed by atoms with Gasteiger partial charge in [-0.2, -0.15) is 0 Å². The Morgan fingerprint density at radius 1 is 1.41 bits per heavy atom. The lowest BCUT2D eigenvalue weighted by Crippen LogP contribution is -2.33. The van der Waals surface area contributed by atoms with Crippen LogP contribution in [0.3, 0.4) is 0 Å². The number of amides is 1. The van der Waals surface area contributed by atoms with Gasteiger partial charge in [0.25, 0.3) is 0 Å². The van der Waals surface area contributed by atoms with Crippen LogP contribution in [-0.4, -0.2) is 43.0 Å². The molecular formula is C13H18Cl3N3OS2. The Labute approximate surface area is 155 Å². The van der Waals surface area contributed by atoms with Crippen LogP contribution < -0.4 is 5.32 Å². The van der Waals surface area contributed by atoms with Crippen molar-refractivity contribution in [3.63, 3.8) is 0 Å². The van der Waals surface area contributed by atoms with Crippen molar-refractivity contribution in [3.8, 4) is 9.88 Å². The highest BCUT2D eigenvalue weighted by Crippen LogP contribution is 2.32. The first-order valence-corrected chi connectivity index (χ1v) is 8.26. The van der Waals surface area contributed by atoms with Crippen molar-refractivity contribution in [2.45, 2.75) is 6.42 Å². The molecule has 1 amide bonds. The van der Waals surface area contributed by atoms with E-state index in [1.165, 1.54) is 11.3 Å². The van der Waals surface area contributed by atoms with Crippen molar-refractivity contribution in [1.29, 1.82) is 0 Å². The molecule has 0 saturated heterocycles. The maximum Gasteiger partial charge on any atom is 0.228 e. The van der Waals surface area contributed by atoms with Crippen LogP contribution in [0.5, 0.6) is 0 Å². The standard InChI is InChI=1S/C13H16ClN3OS2.2ClH/c1-15-5-6-17(2)12(18)7-9-8-19-13(16-9)10-3-4-11(14)20-10;;/h3-4,8,15H,5-7H2,1-2H3;2*1H. The molecule has 2 heterocycles. The monoisotopic (exact) mass is 401 g/mol. The minimum Gasteiger partial charge on any atom is -0.344 e. The minimum atomic E-state index is 0. The molecule has 0 aliphatic carbocycles. The van der Waals surface area contributed by atoms with Gasteiger partial charge in [0.15, 0.2) is 0 Å². The van der Waals surface area contributed by atoms with E-state index >= 15 is 0 Å². The number of hydrogen-bond acceptors (Lipinski definition) is 5. The summed E-state index contributed by atoms with van der Waals surface area (Å²) in [6.45, 7) is 1.49. The summed E-state index contributed by atoms with van der Waals surface area (Å²) < 4.78 is 0.750. The number of thiazole rings is 1. The topological polar surface area (TPSA) is 45.2 Å². The number of likely N-dealkylation sites (N-methyl/N-ethyl adjacent to an activating group) is 2. The van der Waals surface area contributed by atoms with E-state index in [9.17, 15) is 4.79 Å². The molecule has 22 heavy (non-hydrogen) atoms. The number of rotatable bonds is 6. The van der Waals surface area contributed by atoms with Gasteiger partial charge in [-0.1, -0.05) is 11.6 Å². The van der Waals surface area contributed by atoms with Gasteiger partial charge in [0.05, 0.1) is 21.3 Å². The number of carbonyl (C=O) groups is 1. The number of thiophene rings is 1. The molecule has 9 heteroatoms. The highest BCUT2D eigenvalue weighted by atomic mass is 35.5. The molecule has 0 unspecified atom stereocenters. The fourth-order valence-corrected chi connectivity index (χ4v) is 3.56. The third-order valence-corrected chi connectivity index (χ3v) is 5.08. The number of aromatic nitrogens is 1. The predicted molar refractivity (Wildman–Crippen MR) is 100 cm³/mol. The Balaban J connectivity index is 0.00000220. The van der Waals surface area contributed by atoms with Gasteiger partial charge in [-0.05, 0) is 19.2 Å². The lowest BCUT2D eigenvalue weighted by molar-refractivity contribution is -0.129. The molecule has 0 saturated carbocycles. The summed E-state index contributed by atoms with van der Waals surface area (Å²) in [5.74, 6) is 0.0845. The summed E-state index contributed by atoms with van der Waals surface area (Å²) in [7, 11) is 3.68. The molecule has 0 radical (unpaired) electrons. The number of carbonyl (C=O) groups excluding carboxylic acids is 1. The molecule has 0 bridgehead atoms. The minimum absolute atomic E-state index is 0. The largest absolute Gasteiger partial charge is 0.344 e. The maximum absolute atomic E-state index is 12.0. The van der Waals surface area contributed by atoms with Crippen LogP contribution in [0.4, 0.5) is 0 Å². The molecule has 2 aromatic rings. The molecule has 0 aliphatic heterocycles. The van der Waals surface area contributed by atoms with E-state index in [1.807, 2.05) is 31.6 Å². The SMILES string of the molecule is CNCCN(C)C(=O)Cc1csc(-c2ccc(Cl)s2)n1.Cl.Cl. The fourth-order valence-electron chi connectivity index (χ4n) is 1.62. The first-order valence-electron chi connectivity index (χ1n) is 6.19. The van der Waals surface area contributed by atoms with E-state index in [0.717, 1.165) is 26.5 Å². The third-order valence-electron chi connectivity index (χ3n) is 2.79. The van der Waals surface area contributed by atoms with E-state index in [0.29, 0.717) is 13.0 Å². The van der Waals surface area contributed by atoms with Gasteiger partial charge in [-0.3, -0.25) is 4.79 Å². The normalized spacial score (nSPS) is 9.77. The smallest absolute Gasteiger partial charge is 0.228 e. The quantitative estimate of drug-likeness (QED) is 0.803. The Bertz CT molecular complexity index is 589. The summed E-state index contributed by atoms with van der Waals surface area (Å²) in [6, 6.07) is 3.82. The molecule has 1 N–H and O–H groups in total. The molecule has 2 aromatic heterocycles. The first-order chi connectivity index (χ1) is 9.60. The zero-order valence-electron chi connectivity index (χ0n) is 12.2. The molecule has 0 atom stereocenters. The molecule has 0 spiro atoms. The summed E-state index contributed by atoms with van der Waals surface area (Å²) >= 11 is 8.97. The second-order valence-corrected chi connectivity index (χ2v) is 6.92. The lowest BCUT2D eigenvalue weighted by atomic mass is 10.3. The summed E-state index contributed by atoms with van der Waals surface area (Å²) in [5, 5.41) is 5.88. The number of nitrogens with one attached hydrogen (secondary N) is 1. The molecule has 4 nitrogen and oxygen atoms in total. The Morgan fingerprint density at radius 3 is 2.73 bits per heavy atom. The molecule has 0 fully saturated rings. The van der Waals surface area contributed by atoms with E-state index in [4.69, 9.17) is 11.6 Å². The Hall–Kier alpha value is -0.370. The van der Waals surface area contributed by atoms with Crippen LogP contribution in [0.2, 0.25) is 4.34 Å². The summed E-state index contributed by atoms with van der Waals surface area (Å²) in [6.07, 6.45) is 0.343. The van der Waals surface area contributed by atoms with E-state index in [1.54, 1.807) is 16.2 Å². The second kappa shape index (κ2) is 10.4. The second-order valence-electron chi connectivity index (χ2n) is 4.34. The van der Waals surface area contributed by atoms with E-state index < -0.39 is 0 Å². The van der Waals surface area contributed by atoms with Gasteiger partial charge < -0.3 is 10.2 Å². The molecule has 0 aliphatic rings. The van der Waals surface area contributed by atoms with Crippen LogP contribution in [0.25, 0.3) is 9.88 Å². The third kappa shape index (κ3) is 6.02. The average molecular weight is 403 g/mol. The Morgan fingerprint density at radius 2 is 2.14 bits per heavy atom. The van der Waals surface area contributed by atoms with Crippen molar-refractivity contribution >= 4 is 65.0 Å². The zero-order valence-corrected chi connectivity index (χ0v) is 16.2. The maximum atomic E-state index is 12.0. The molecule has 0 aromatic carbocycles. The number of halogens is 3. The highest BCUT2D eigenvalue weighted by molar-refractivity contribution is 7.23. The van der Waals surface area contributed by atoms with Gasteiger partial charge in [-0.15, -0.1) is 47.5 Å². The fraction of sp³-hybridized carbons (Fsp3) is 0.385. The highest BCUT2D eigenvalue weighted by Gasteiger charge is 2.13. The molecular weight excluding hydrogens is 385 g/mol. The lowest BCUT2D eigenvalue weighted by Gasteiger charge is -2.15. The van der Waals surface area contributed by atoms with Crippen molar-refractivity contribution in [2.24, 2.45) is 0 Å². The van der Waals surface area contributed by atoms with Gasteiger partial charge >= 0.3 is 0 Å². The van der Waals surface area contributed by atoms with Gasteiger partial charge in [0, 0.05) is 25.5 Å². The van der Waals surface area contributed by atoms with Crippen molar-refractivity contribution in [3.05, 3.63) is 27.5 Å². The Kier molecular flexibility index (Phi) is 10.2. The van der Waals surface area contributed by atoms with Crippen LogP contribution in [-0.2, 0) is 11.2 Å². The first kappa shape index (κ1) is 21.6. The average Bonchev–Trinajstić information content (AvgIpc) is 3.04. The van der Waals surface area contributed by atoms with Crippen LogP contribution in [0, 0.1) is 0 Å². The van der Waals surface area contributed by atoms with Crippen molar-refractivity contribution in [1.82, 2.24) is 15.2 Å². The summed E-state index contributed by atoms with van der Waals surface area (Å²) in [5.41, 5.74) is 0.816. The van der Waals surface area contributed by atoms with E-state index in [2.05, 4.69) is 10.3 Å². The molecule has 2 rings (SSSR count). The van der Waals surface area contributed by atoms with Crippen molar-refractivity contribution < 1.29 is 4.79 Å². The molecule has 124 valence electrons. The zero-order chi connectivity index (χ0) is 14.5. The van der Waals surface area contributed by atoms with E-state index in [-0.39, 0.29) is 30.7 Å². The van der Waals surface area contributed by atoms with Crippen LogP contribution in [0.1, 0.15) is 5.69 Å². The predicted octanol–water partition coefficient (Wildman–Crippen LogP) is 3.59. The van der Waals surface area contributed by atoms with Crippen LogP contribution >= 0.6 is 59.1 Å². The van der Waals surface area contributed by atoms with Gasteiger partial charge in [0.2, 0.25) is 5.91 Å². The number of hydrogen-bond donors (Lipinski definition) is 1. The van der Waals surface area contributed by atoms with Crippen molar-refractivity contribution in [2.75, 3.05) is 27.2 Å². The van der Waals surface area contributed by atoms with Gasteiger partial charge in [0.1, 0.15) is 5.01 Å². The van der Waals surface area contributed by atoms with Crippen LogP contribution in [0.15, 0.2) is 17.5 Å².